The number of piperidine rings is 1. The Bertz CT molecular complexity index is 1670. The van der Waals surface area contributed by atoms with E-state index in [2.05, 4.69) is 10.2 Å². The molecule has 7 rings (SSSR count). The number of anilines is 1. The van der Waals surface area contributed by atoms with Crippen LogP contribution in [-0.4, -0.2) is 58.0 Å². The third-order valence-corrected chi connectivity index (χ3v) is 10.5. The lowest BCUT2D eigenvalue weighted by atomic mass is 9.75. The van der Waals surface area contributed by atoms with Crippen LogP contribution < -0.4 is 10.2 Å². The Morgan fingerprint density at radius 2 is 1.57 bits per heavy atom. The zero-order valence-electron chi connectivity index (χ0n) is 28.6. The standard InChI is InChI=1S/C40H47N3O6/c1-40(2,3)41-36(45)34-20-19-26-9-4-7-14-33(26)42(34)23-30-22-35(27-17-15-25(24-44)16-18-27)49-39(48-30)28-10-8-11-29(21-28)43-37(46)31-12-5-6-13-32(31)38(43)47/h5-6,8,10-13,15-18,21,26,30,33-35,39,44H,4,7,9,14,19-20,22-24H2,1-3H3,(H,41,45)/t26-,30-,33-,34-,35+,39+/m1/s1. The Morgan fingerprint density at radius 1 is 0.857 bits per heavy atom. The molecule has 49 heavy (non-hydrogen) atoms. The number of amides is 3. The number of aliphatic hydroxyl groups excluding tert-OH is 1. The van der Waals surface area contributed by atoms with Gasteiger partial charge in [0.15, 0.2) is 6.29 Å². The summed E-state index contributed by atoms with van der Waals surface area (Å²) in [6.07, 6.45) is 5.80. The van der Waals surface area contributed by atoms with Gasteiger partial charge in [0.05, 0.1) is 41.7 Å². The molecule has 4 aliphatic rings. The molecule has 9 heteroatoms. The second-order valence-corrected chi connectivity index (χ2v) is 15.1. The van der Waals surface area contributed by atoms with Gasteiger partial charge in [-0.25, -0.2) is 4.90 Å². The summed E-state index contributed by atoms with van der Waals surface area (Å²) in [5.41, 5.74) is 3.41. The van der Waals surface area contributed by atoms with Crippen molar-refractivity contribution in [2.45, 2.75) is 108 Å². The maximum atomic E-state index is 13.8. The number of likely N-dealkylation sites (tertiary alicyclic amines) is 1. The van der Waals surface area contributed by atoms with Gasteiger partial charge >= 0.3 is 0 Å². The SMILES string of the molecule is CC(C)(C)NC(=O)[C@H]1CC[C@H]2CCCC[C@H]2N1C[C@H]1C[C@@H](c2ccc(CO)cc2)O[C@@H](c2cccc(N3C(=O)c4ccccc4C3=O)c2)O1. The number of ether oxygens (including phenoxy) is 2. The third-order valence-electron chi connectivity index (χ3n) is 10.5. The minimum Gasteiger partial charge on any atom is -0.392 e. The highest BCUT2D eigenvalue weighted by atomic mass is 16.7. The zero-order valence-corrected chi connectivity index (χ0v) is 28.6. The van der Waals surface area contributed by atoms with Gasteiger partial charge in [0, 0.05) is 30.1 Å². The molecule has 0 spiro atoms. The first kappa shape index (κ1) is 33.6. The van der Waals surface area contributed by atoms with Crippen molar-refractivity contribution in [2.75, 3.05) is 11.4 Å². The predicted molar refractivity (Wildman–Crippen MR) is 186 cm³/mol. The monoisotopic (exact) mass is 665 g/mol. The van der Waals surface area contributed by atoms with E-state index < -0.39 is 6.29 Å². The summed E-state index contributed by atoms with van der Waals surface area (Å²) >= 11 is 0. The van der Waals surface area contributed by atoms with Crippen molar-refractivity contribution in [3.05, 3.63) is 101 Å². The second-order valence-electron chi connectivity index (χ2n) is 15.1. The van der Waals surface area contributed by atoms with Gasteiger partial charge in [-0.05, 0) is 87.8 Å². The van der Waals surface area contributed by atoms with Crippen LogP contribution in [0.4, 0.5) is 5.69 Å². The van der Waals surface area contributed by atoms with Gasteiger partial charge in [0.1, 0.15) is 0 Å². The molecule has 2 N–H and O–H groups in total. The molecular formula is C40H47N3O6. The number of nitrogens with zero attached hydrogens (tertiary/aromatic N) is 2. The van der Waals surface area contributed by atoms with Crippen LogP contribution >= 0.6 is 0 Å². The Kier molecular flexibility index (Phi) is 9.45. The number of hydrogen-bond acceptors (Lipinski definition) is 7. The Labute approximate surface area is 288 Å². The van der Waals surface area contributed by atoms with Crippen LogP contribution in [0, 0.1) is 5.92 Å². The number of rotatable bonds is 7. The van der Waals surface area contributed by atoms with Crippen LogP contribution in [0.5, 0.6) is 0 Å². The molecule has 9 nitrogen and oxygen atoms in total. The summed E-state index contributed by atoms with van der Waals surface area (Å²) in [6.45, 7) is 6.62. The lowest BCUT2D eigenvalue weighted by Gasteiger charge is -2.50. The number of aliphatic hydroxyl groups is 1. The number of imide groups is 1. The van der Waals surface area contributed by atoms with E-state index in [0.717, 1.165) is 36.8 Å². The smallest absolute Gasteiger partial charge is 0.266 e. The van der Waals surface area contributed by atoms with Gasteiger partial charge in [-0.1, -0.05) is 61.4 Å². The normalized spacial score (nSPS) is 27.5. The third kappa shape index (κ3) is 6.95. The quantitative estimate of drug-likeness (QED) is 0.279. The molecule has 2 saturated heterocycles. The fourth-order valence-corrected chi connectivity index (χ4v) is 8.23. The summed E-state index contributed by atoms with van der Waals surface area (Å²) in [4.78, 5) is 44.1. The molecule has 1 aliphatic carbocycles. The summed E-state index contributed by atoms with van der Waals surface area (Å²) in [7, 11) is 0. The molecule has 3 aromatic carbocycles. The topological polar surface area (TPSA) is 108 Å². The number of hydrogen-bond donors (Lipinski definition) is 2. The van der Waals surface area contributed by atoms with Crippen LogP contribution in [0.15, 0.2) is 72.8 Å². The van der Waals surface area contributed by atoms with Crippen molar-refractivity contribution in [3.8, 4) is 0 Å². The number of benzene rings is 3. The molecule has 6 atom stereocenters. The number of fused-ring (bicyclic) bond motifs is 2. The number of carbonyl (C=O) groups excluding carboxylic acids is 3. The predicted octanol–water partition coefficient (Wildman–Crippen LogP) is 6.46. The minimum absolute atomic E-state index is 0.0414. The molecule has 258 valence electrons. The largest absolute Gasteiger partial charge is 0.392 e. The molecule has 1 saturated carbocycles. The molecule has 3 fully saturated rings. The van der Waals surface area contributed by atoms with Crippen LogP contribution in [0.2, 0.25) is 0 Å². The molecule has 0 unspecified atom stereocenters. The summed E-state index contributed by atoms with van der Waals surface area (Å²) in [5.74, 6) is -0.0597. The van der Waals surface area contributed by atoms with Crippen molar-refractivity contribution in [3.63, 3.8) is 0 Å². The van der Waals surface area contributed by atoms with E-state index in [1.54, 1.807) is 36.4 Å². The Hall–Kier alpha value is -3.89. The minimum atomic E-state index is -0.773. The van der Waals surface area contributed by atoms with E-state index in [-0.39, 0.29) is 48.1 Å². The fourth-order valence-electron chi connectivity index (χ4n) is 8.23. The van der Waals surface area contributed by atoms with E-state index in [1.807, 2.05) is 57.2 Å². The van der Waals surface area contributed by atoms with E-state index in [0.29, 0.717) is 47.3 Å². The van der Waals surface area contributed by atoms with Crippen LogP contribution in [0.25, 0.3) is 0 Å². The molecule has 3 heterocycles. The average Bonchev–Trinajstić information content (AvgIpc) is 3.36. The van der Waals surface area contributed by atoms with E-state index in [9.17, 15) is 19.5 Å². The molecule has 0 aromatic heterocycles. The van der Waals surface area contributed by atoms with Gasteiger partial charge < -0.3 is 19.9 Å². The highest BCUT2D eigenvalue weighted by Gasteiger charge is 2.44. The first-order chi connectivity index (χ1) is 23.6. The van der Waals surface area contributed by atoms with Crippen molar-refractivity contribution >= 4 is 23.4 Å². The average molecular weight is 666 g/mol. The van der Waals surface area contributed by atoms with Gasteiger partial charge in [0.25, 0.3) is 11.8 Å². The molecule has 3 amide bonds. The summed E-state index contributed by atoms with van der Waals surface area (Å²) in [6, 6.07) is 22.0. The van der Waals surface area contributed by atoms with Crippen molar-refractivity contribution in [2.24, 2.45) is 5.92 Å². The molecular weight excluding hydrogens is 618 g/mol. The summed E-state index contributed by atoms with van der Waals surface area (Å²) < 4.78 is 13.5. The lowest BCUT2D eigenvalue weighted by molar-refractivity contribution is -0.255. The van der Waals surface area contributed by atoms with E-state index >= 15 is 0 Å². The maximum Gasteiger partial charge on any atom is 0.266 e. The highest BCUT2D eigenvalue weighted by molar-refractivity contribution is 6.34. The number of carbonyl (C=O) groups is 3. The lowest BCUT2D eigenvalue weighted by Crippen LogP contribution is -2.61. The van der Waals surface area contributed by atoms with Gasteiger partial charge in [0.2, 0.25) is 5.91 Å². The second kappa shape index (κ2) is 13.8. The molecule has 3 aromatic rings. The van der Waals surface area contributed by atoms with Gasteiger partial charge in [-0.2, -0.15) is 0 Å². The van der Waals surface area contributed by atoms with Crippen LogP contribution in [0.3, 0.4) is 0 Å². The Morgan fingerprint density at radius 3 is 2.27 bits per heavy atom. The van der Waals surface area contributed by atoms with E-state index in [4.69, 9.17) is 9.47 Å². The highest BCUT2D eigenvalue weighted by Crippen LogP contribution is 2.43. The van der Waals surface area contributed by atoms with E-state index in [1.165, 1.54) is 17.7 Å². The molecule has 0 bridgehead atoms. The van der Waals surface area contributed by atoms with Crippen LogP contribution in [0.1, 0.15) is 116 Å². The fraction of sp³-hybridized carbons (Fsp3) is 0.475. The molecule has 0 radical (unpaired) electrons. The van der Waals surface area contributed by atoms with Gasteiger partial charge in [-0.3, -0.25) is 19.3 Å². The molecule has 3 aliphatic heterocycles. The summed E-state index contributed by atoms with van der Waals surface area (Å²) in [5, 5.41) is 12.9. The Balaban J connectivity index is 1.19. The van der Waals surface area contributed by atoms with Crippen molar-refractivity contribution in [1.29, 1.82) is 0 Å². The van der Waals surface area contributed by atoms with Crippen LogP contribution in [-0.2, 0) is 20.9 Å². The zero-order chi connectivity index (χ0) is 34.3. The first-order valence-electron chi connectivity index (χ1n) is 17.8. The van der Waals surface area contributed by atoms with Crippen molar-refractivity contribution in [1.82, 2.24) is 10.2 Å². The first-order valence-corrected chi connectivity index (χ1v) is 17.8. The van der Waals surface area contributed by atoms with Crippen molar-refractivity contribution < 1.29 is 29.0 Å². The number of nitrogens with one attached hydrogen (secondary N) is 1. The van der Waals surface area contributed by atoms with Gasteiger partial charge in [-0.15, -0.1) is 0 Å². The maximum absolute atomic E-state index is 13.8.